The summed E-state index contributed by atoms with van der Waals surface area (Å²) in [6.45, 7) is 0.972. The average molecular weight is 311 g/mol. The van der Waals surface area contributed by atoms with E-state index in [0.29, 0.717) is 0 Å². The van der Waals surface area contributed by atoms with Crippen molar-refractivity contribution in [3.63, 3.8) is 0 Å². The van der Waals surface area contributed by atoms with Crippen LogP contribution < -0.4 is 5.32 Å². The lowest BCUT2D eigenvalue weighted by Crippen LogP contribution is -2.04. The van der Waals surface area contributed by atoms with Gasteiger partial charge in [-0.05, 0) is 30.6 Å². The van der Waals surface area contributed by atoms with Gasteiger partial charge in [-0.2, -0.15) is 11.8 Å². The van der Waals surface area contributed by atoms with E-state index < -0.39 is 0 Å². The minimum atomic E-state index is 0.972. The summed E-state index contributed by atoms with van der Waals surface area (Å²) in [5.41, 5.74) is 0. The molecule has 1 aromatic carbocycles. The van der Waals surface area contributed by atoms with Crippen molar-refractivity contribution in [1.29, 1.82) is 0 Å². The molecule has 0 amide bonds. The molecule has 90 valence electrons. The molecule has 0 saturated carbocycles. The van der Waals surface area contributed by atoms with Crippen LogP contribution >= 0.6 is 27.7 Å². The monoisotopic (exact) mass is 310 g/mol. The Morgan fingerprint density at radius 1 is 1.29 bits per heavy atom. The number of aromatic nitrogens is 1. The van der Waals surface area contributed by atoms with Gasteiger partial charge in [0.1, 0.15) is 5.82 Å². The van der Waals surface area contributed by atoms with Gasteiger partial charge < -0.3 is 5.32 Å². The molecule has 0 atom stereocenters. The fourth-order valence-corrected chi connectivity index (χ4v) is 2.66. The van der Waals surface area contributed by atoms with E-state index >= 15 is 0 Å². The van der Waals surface area contributed by atoms with Gasteiger partial charge in [0.25, 0.3) is 0 Å². The van der Waals surface area contributed by atoms with Gasteiger partial charge in [-0.15, -0.1) is 0 Å². The first-order valence-electron chi connectivity index (χ1n) is 5.59. The third-order valence-corrected chi connectivity index (χ3v) is 3.96. The number of rotatable bonds is 5. The number of fused-ring (bicyclic) bond motifs is 1. The molecule has 0 fully saturated rings. The summed E-state index contributed by atoms with van der Waals surface area (Å²) in [4.78, 5) is 4.41. The van der Waals surface area contributed by atoms with E-state index in [4.69, 9.17) is 0 Å². The second kappa shape index (κ2) is 6.26. The number of thioether (sulfide) groups is 1. The molecule has 0 bridgehead atoms. The molecule has 0 unspecified atom stereocenters. The summed E-state index contributed by atoms with van der Waals surface area (Å²) < 4.78 is 1.12. The highest BCUT2D eigenvalue weighted by molar-refractivity contribution is 9.10. The van der Waals surface area contributed by atoms with Crippen molar-refractivity contribution < 1.29 is 0 Å². The quantitative estimate of drug-likeness (QED) is 0.839. The Kier molecular flexibility index (Phi) is 4.68. The number of pyridine rings is 1. The number of anilines is 1. The highest BCUT2D eigenvalue weighted by Crippen LogP contribution is 2.27. The fraction of sp³-hybridized carbons (Fsp3) is 0.308. The summed E-state index contributed by atoms with van der Waals surface area (Å²) in [6, 6.07) is 8.23. The predicted molar refractivity (Wildman–Crippen MR) is 80.9 cm³/mol. The molecule has 0 aliphatic carbocycles. The lowest BCUT2D eigenvalue weighted by molar-refractivity contribution is 0.985. The van der Waals surface area contributed by atoms with Gasteiger partial charge in [0.05, 0.1) is 0 Å². The summed E-state index contributed by atoms with van der Waals surface area (Å²) in [5, 5.41) is 5.78. The van der Waals surface area contributed by atoms with Crippen molar-refractivity contribution in [3.05, 3.63) is 34.9 Å². The van der Waals surface area contributed by atoms with Crippen molar-refractivity contribution in [1.82, 2.24) is 4.98 Å². The summed E-state index contributed by atoms with van der Waals surface area (Å²) in [5.74, 6) is 2.16. The average Bonchev–Trinajstić information content (AvgIpc) is 2.36. The lowest BCUT2D eigenvalue weighted by atomic mass is 10.1. The van der Waals surface area contributed by atoms with Gasteiger partial charge in [-0.25, -0.2) is 4.98 Å². The van der Waals surface area contributed by atoms with Crippen molar-refractivity contribution >= 4 is 44.3 Å². The van der Waals surface area contributed by atoms with Crippen molar-refractivity contribution in [2.24, 2.45) is 0 Å². The van der Waals surface area contributed by atoms with Crippen molar-refractivity contribution in [3.8, 4) is 0 Å². The van der Waals surface area contributed by atoms with Crippen molar-refractivity contribution in [2.45, 2.75) is 6.42 Å². The first-order chi connectivity index (χ1) is 8.33. The Labute approximate surface area is 114 Å². The molecule has 1 N–H and O–H groups in total. The van der Waals surface area contributed by atoms with E-state index in [9.17, 15) is 0 Å². The van der Waals surface area contributed by atoms with E-state index in [0.717, 1.165) is 23.3 Å². The van der Waals surface area contributed by atoms with Crippen LogP contribution in [-0.2, 0) is 0 Å². The standard InChI is InChI=1S/C13H15BrN2S/c1-17-9-3-7-15-13-11-4-2-5-12(14)10(11)6-8-16-13/h2,4-6,8H,3,7,9H2,1H3,(H,15,16). The number of halogens is 1. The van der Waals surface area contributed by atoms with E-state index in [-0.39, 0.29) is 0 Å². The number of nitrogens with zero attached hydrogens (tertiary/aromatic N) is 1. The van der Waals surface area contributed by atoms with Crippen LogP contribution in [0.5, 0.6) is 0 Å². The largest absolute Gasteiger partial charge is 0.370 e. The Morgan fingerprint density at radius 3 is 3.00 bits per heavy atom. The topological polar surface area (TPSA) is 24.9 Å². The molecule has 2 aromatic rings. The summed E-state index contributed by atoms with van der Waals surface area (Å²) >= 11 is 5.44. The summed E-state index contributed by atoms with van der Waals surface area (Å²) in [6.07, 6.45) is 5.14. The zero-order chi connectivity index (χ0) is 12.1. The van der Waals surface area contributed by atoms with E-state index in [2.05, 4.69) is 44.6 Å². The van der Waals surface area contributed by atoms with E-state index in [1.165, 1.54) is 16.5 Å². The molecule has 2 nitrogen and oxygen atoms in total. The Bertz CT molecular complexity index is 502. The third kappa shape index (κ3) is 3.13. The first kappa shape index (κ1) is 12.7. The number of nitrogens with one attached hydrogen (secondary N) is 1. The minimum Gasteiger partial charge on any atom is -0.370 e. The molecule has 17 heavy (non-hydrogen) atoms. The van der Waals surface area contributed by atoms with Crippen LogP contribution in [-0.4, -0.2) is 23.5 Å². The molecule has 0 radical (unpaired) electrons. The zero-order valence-corrected chi connectivity index (χ0v) is 12.1. The second-order valence-corrected chi connectivity index (χ2v) is 5.61. The molecule has 4 heteroatoms. The van der Waals surface area contributed by atoms with Gasteiger partial charge in [0.15, 0.2) is 0 Å². The van der Waals surface area contributed by atoms with Crippen LogP contribution in [0.2, 0.25) is 0 Å². The van der Waals surface area contributed by atoms with Crippen LogP contribution in [0.3, 0.4) is 0 Å². The SMILES string of the molecule is CSCCCNc1nccc2c(Br)cccc12. The van der Waals surface area contributed by atoms with Crippen LogP contribution in [0.15, 0.2) is 34.9 Å². The number of hydrogen-bond acceptors (Lipinski definition) is 3. The molecular weight excluding hydrogens is 296 g/mol. The molecular formula is C13H15BrN2S. The molecule has 0 aliphatic heterocycles. The fourth-order valence-electron chi connectivity index (χ4n) is 1.73. The van der Waals surface area contributed by atoms with Crippen LogP contribution in [0.1, 0.15) is 6.42 Å². The van der Waals surface area contributed by atoms with E-state index in [1.54, 1.807) is 0 Å². The van der Waals surface area contributed by atoms with Gasteiger partial charge in [-0.1, -0.05) is 28.1 Å². The molecule has 0 aliphatic rings. The Hall–Kier alpha value is -0.740. The third-order valence-electron chi connectivity index (χ3n) is 2.57. The molecule has 1 aromatic heterocycles. The van der Waals surface area contributed by atoms with Gasteiger partial charge in [0.2, 0.25) is 0 Å². The van der Waals surface area contributed by atoms with Gasteiger partial charge in [-0.3, -0.25) is 0 Å². The van der Waals surface area contributed by atoms with Gasteiger partial charge in [0, 0.05) is 28.0 Å². The maximum Gasteiger partial charge on any atom is 0.133 e. The number of hydrogen-bond donors (Lipinski definition) is 1. The van der Waals surface area contributed by atoms with Crippen LogP contribution in [0.4, 0.5) is 5.82 Å². The molecule has 2 rings (SSSR count). The lowest BCUT2D eigenvalue weighted by Gasteiger charge is -2.09. The first-order valence-corrected chi connectivity index (χ1v) is 7.77. The van der Waals surface area contributed by atoms with Crippen LogP contribution in [0.25, 0.3) is 10.8 Å². The predicted octanol–water partition coefficient (Wildman–Crippen LogP) is 4.16. The summed E-state index contributed by atoms with van der Waals surface area (Å²) in [7, 11) is 0. The number of benzene rings is 1. The molecule has 1 heterocycles. The second-order valence-electron chi connectivity index (χ2n) is 3.77. The maximum atomic E-state index is 4.41. The zero-order valence-electron chi connectivity index (χ0n) is 9.74. The Morgan fingerprint density at radius 2 is 2.18 bits per heavy atom. The highest BCUT2D eigenvalue weighted by atomic mass is 79.9. The highest BCUT2D eigenvalue weighted by Gasteiger charge is 2.03. The molecule has 0 spiro atoms. The smallest absolute Gasteiger partial charge is 0.133 e. The van der Waals surface area contributed by atoms with Gasteiger partial charge >= 0.3 is 0 Å². The minimum absolute atomic E-state index is 0.972. The van der Waals surface area contributed by atoms with Crippen molar-refractivity contribution in [2.75, 3.05) is 23.9 Å². The van der Waals surface area contributed by atoms with Crippen LogP contribution in [0, 0.1) is 0 Å². The maximum absolute atomic E-state index is 4.41. The van der Waals surface area contributed by atoms with E-state index in [1.807, 2.05) is 30.1 Å². The normalized spacial score (nSPS) is 10.7. The Balaban J connectivity index is 2.19. The molecule has 0 saturated heterocycles.